The summed E-state index contributed by atoms with van der Waals surface area (Å²) in [7, 11) is 0. The first kappa shape index (κ1) is 18.3. The summed E-state index contributed by atoms with van der Waals surface area (Å²) in [6, 6.07) is 0. The van der Waals surface area contributed by atoms with Gasteiger partial charge in [-0.15, -0.1) is 0 Å². The zero-order valence-corrected chi connectivity index (χ0v) is 11.6. The molecule has 0 unspecified atom stereocenters. The molecule has 0 aromatic heterocycles. The van der Waals surface area contributed by atoms with Crippen molar-refractivity contribution in [1.29, 1.82) is 0 Å². The highest BCUT2D eigenvalue weighted by Gasteiger charge is 2.34. The zero-order chi connectivity index (χ0) is 17.1. The monoisotopic (exact) mass is 290 g/mol. The van der Waals surface area contributed by atoms with Crippen molar-refractivity contribution in [3.05, 3.63) is 72.9 Å². The van der Waals surface area contributed by atoms with Gasteiger partial charge in [0, 0.05) is 0 Å². The summed E-state index contributed by atoms with van der Waals surface area (Å²) < 4.78 is 0. The molecule has 0 atom stereocenters. The fourth-order valence-corrected chi connectivity index (χ4v) is 1.24. The molecule has 0 saturated carbocycles. The molecule has 0 aliphatic heterocycles. The lowest BCUT2D eigenvalue weighted by Crippen LogP contribution is -2.58. The number of carboxylic acid groups (broad SMARTS) is 2. The van der Waals surface area contributed by atoms with Crippen LogP contribution in [-0.4, -0.2) is 27.8 Å². The van der Waals surface area contributed by atoms with Gasteiger partial charge in [0.2, 0.25) is 0 Å². The van der Waals surface area contributed by atoms with Crippen LogP contribution in [0.4, 0.5) is 0 Å². The van der Waals surface area contributed by atoms with Gasteiger partial charge in [-0.3, -0.25) is 0 Å². The predicted octanol–water partition coefficient (Wildman–Crippen LogP) is 1.11. The lowest BCUT2D eigenvalue weighted by Gasteiger charge is -2.25. The molecule has 0 aliphatic carbocycles. The highest BCUT2D eigenvalue weighted by molar-refractivity contribution is 5.93. The number of aliphatic carboxylic acids is 2. The fraction of sp³-hybridized carbons (Fsp3) is 0.0667. The Morgan fingerprint density at radius 3 is 1.38 bits per heavy atom. The highest BCUT2D eigenvalue weighted by atomic mass is 16.4. The van der Waals surface area contributed by atoms with E-state index in [1.165, 1.54) is 0 Å². The van der Waals surface area contributed by atoms with E-state index in [0.29, 0.717) is 0 Å². The van der Waals surface area contributed by atoms with Crippen LogP contribution in [0.1, 0.15) is 0 Å². The van der Waals surface area contributed by atoms with Crippen LogP contribution in [-0.2, 0) is 9.59 Å². The Hall–Kier alpha value is -2.70. The van der Waals surface area contributed by atoms with Crippen LogP contribution in [0, 0.1) is 0 Å². The van der Waals surface area contributed by atoms with E-state index in [2.05, 4.69) is 39.5 Å². The van der Waals surface area contributed by atoms with Gasteiger partial charge in [0.15, 0.2) is 5.66 Å². The number of hydrogen-bond acceptors (Lipinski definition) is 4. The van der Waals surface area contributed by atoms with E-state index in [9.17, 15) is 9.59 Å². The van der Waals surface area contributed by atoms with Crippen molar-refractivity contribution in [1.82, 2.24) is 0 Å². The number of hydrogen-bond donors (Lipinski definition) is 4. The lowest BCUT2D eigenvalue weighted by molar-refractivity contribution is -0.141. The Morgan fingerprint density at radius 2 is 1.05 bits per heavy atom. The summed E-state index contributed by atoms with van der Waals surface area (Å²) in [4.78, 5) is 21.8. The zero-order valence-electron chi connectivity index (χ0n) is 11.6. The van der Waals surface area contributed by atoms with Gasteiger partial charge in [-0.1, -0.05) is 39.5 Å². The first-order valence-corrected chi connectivity index (χ1v) is 5.55. The number of carbonyl (C=O) groups is 2. The molecule has 0 fully saturated rings. The molecular formula is C15H18N2O4. The van der Waals surface area contributed by atoms with E-state index in [0.717, 1.165) is 0 Å². The highest BCUT2D eigenvalue weighted by Crippen LogP contribution is 2.30. The summed E-state index contributed by atoms with van der Waals surface area (Å²) in [5.74, 6) is -2.77. The second-order valence-electron chi connectivity index (χ2n) is 4.35. The molecular weight excluding hydrogens is 272 g/mol. The molecule has 0 bridgehead atoms. The average molecular weight is 290 g/mol. The van der Waals surface area contributed by atoms with Crippen molar-refractivity contribution < 1.29 is 19.8 Å². The summed E-state index contributed by atoms with van der Waals surface area (Å²) in [6.07, 6.45) is 0. The SMILES string of the molecule is C=C(C(=C)C(=C)C(=C)C(N)(N)C(=O)O)C(=C)C(=C)C(=O)O. The third-order valence-electron chi connectivity index (χ3n) is 2.93. The van der Waals surface area contributed by atoms with Crippen LogP contribution in [0.25, 0.3) is 0 Å². The molecule has 6 heteroatoms. The summed E-state index contributed by atoms with van der Waals surface area (Å²) >= 11 is 0. The van der Waals surface area contributed by atoms with E-state index in [1.807, 2.05) is 0 Å². The van der Waals surface area contributed by atoms with Gasteiger partial charge in [0.1, 0.15) is 0 Å². The molecule has 0 aliphatic rings. The van der Waals surface area contributed by atoms with Crippen LogP contribution in [0.3, 0.4) is 0 Å². The average Bonchev–Trinajstić information content (AvgIpc) is 2.41. The van der Waals surface area contributed by atoms with Crippen LogP contribution in [0.5, 0.6) is 0 Å². The van der Waals surface area contributed by atoms with Crippen LogP contribution < -0.4 is 11.5 Å². The molecule has 0 spiro atoms. The summed E-state index contributed by atoms with van der Waals surface area (Å²) in [6.45, 7) is 21.3. The van der Waals surface area contributed by atoms with E-state index in [4.69, 9.17) is 21.7 Å². The molecule has 0 radical (unpaired) electrons. The van der Waals surface area contributed by atoms with Crippen LogP contribution in [0.15, 0.2) is 72.9 Å². The number of nitrogens with two attached hydrogens (primary N) is 2. The summed E-state index contributed by atoms with van der Waals surface area (Å²) in [5.41, 5.74) is 8.49. The maximum atomic E-state index is 11.0. The molecule has 0 aromatic carbocycles. The van der Waals surface area contributed by atoms with Crippen molar-refractivity contribution in [3.63, 3.8) is 0 Å². The fourth-order valence-electron chi connectivity index (χ4n) is 1.24. The lowest BCUT2D eigenvalue weighted by atomic mass is 9.85. The van der Waals surface area contributed by atoms with Crippen LogP contribution in [0.2, 0.25) is 0 Å². The van der Waals surface area contributed by atoms with Crippen molar-refractivity contribution in [3.8, 4) is 0 Å². The van der Waals surface area contributed by atoms with Gasteiger partial charge in [0.05, 0.1) is 5.57 Å². The maximum Gasteiger partial charge on any atom is 0.343 e. The Kier molecular flexibility index (Phi) is 5.37. The largest absolute Gasteiger partial charge is 0.479 e. The third kappa shape index (κ3) is 3.65. The van der Waals surface area contributed by atoms with Gasteiger partial charge >= 0.3 is 11.9 Å². The summed E-state index contributed by atoms with van der Waals surface area (Å²) in [5, 5.41) is 17.8. The van der Waals surface area contributed by atoms with E-state index >= 15 is 0 Å². The normalized spacial score (nSPS) is 10.4. The first-order valence-electron chi connectivity index (χ1n) is 5.55. The van der Waals surface area contributed by atoms with Gasteiger partial charge < -0.3 is 21.7 Å². The maximum absolute atomic E-state index is 11.0. The van der Waals surface area contributed by atoms with Gasteiger partial charge in [-0.05, 0) is 27.9 Å². The van der Waals surface area contributed by atoms with E-state index in [-0.39, 0.29) is 33.4 Å². The molecule has 6 nitrogen and oxygen atoms in total. The smallest absolute Gasteiger partial charge is 0.343 e. The van der Waals surface area contributed by atoms with E-state index < -0.39 is 17.6 Å². The Morgan fingerprint density at radius 1 is 0.714 bits per heavy atom. The minimum Gasteiger partial charge on any atom is -0.479 e. The molecule has 0 heterocycles. The molecule has 0 rings (SSSR count). The second-order valence-corrected chi connectivity index (χ2v) is 4.35. The standard InChI is InChI=1S/C15H18N2O4/c1-7(9(3)11(5)13(18)19)8(2)10(4)12(6)15(16,17)14(20)21/h1-6,16-17H2,(H,18,19)(H,20,21). The van der Waals surface area contributed by atoms with Crippen molar-refractivity contribution in [2.24, 2.45) is 11.5 Å². The minimum absolute atomic E-state index is 0.0245. The first-order chi connectivity index (χ1) is 9.35. The van der Waals surface area contributed by atoms with Gasteiger partial charge in [-0.25, -0.2) is 9.59 Å². The van der Waals surface area contributed by atoms with Crippen molar-refractivity contribution in [2.45, 2.75) is 5.66 Å². The minimum atomic E-state index is -2.23. The Bertz CT molecular complexity index is 609. The van der Waals surface area contributed by atoms with Crippen LogP contribution >= 0.6 is 0 Å². The quantitative estimate of drug-likeness (QED) is 0.301. The number of rotatable bonds is 8. The third-order valence-corrected chi connectivity index (χ3v) is 2.93. The Balaban J connectivity index is 5.34. The molecule has 0 amide bonds. The molecule has 112 valence electrons. The van der Waals surface area contributed by atoms with Gasteiger partial charge in [0.25, 0.3) is 0 Å². The molecule has 21 heavy (non-hydrogen) atoms. The van der Waals surface area contributed by atoms with Gasteiger partial charge in [-0.2, -0.15) is 0 Å². The molecule has 0 aromatic rings. The Labute approximate surface area is 122 Å². The number of carboxylic acids is 2. The van der Waals surface area contributed by atoms with Crippen molar-refractivity contribution >= 4 is 11.9 Å². The molecule has 0 saturated heterocycles. The number of allylic oxidation sites excluding steroid dienone is 2. The van der Waals surface area contributed by atoms with E-state index in [1.54, 1.807) is 0 Å². The predicted molar refractivity (Wildman–Crippen MR) is 81.2 cm³/mol. The second kappa shape index (κ2) is 6.17. The molecule has 6 N–H and O–H groups in total. The van der Waals surface area contributed by atoms with Crippen molar-refractivity contribution in [2.75, 3.05) is 0 Å². The topological polar surface area (TPSA) is 127 Å².